The molecule has 0 saturated carbocycles. The Bertz CT molecular complexity index is 953. The van der Waals surface area contributed by atoms with Crippen molar-refractivity contribution in [1.29, 1.82) is 0 Å². The van der Waals surface area contributed by atoms with Gasteiger partial charge in [0.25, 0.3) is 0 Å². The monoisotopic (exact) mass is 343 g/mol. The Balaban J connectivity index is 2.00. The number of pyridine rings is 2. The van der Waals surface area contributed by atoms with Gasteiger partial charge in [-0.1, -0.05) is 24.3 Å². The third kappa shape index (κ3) is 3.14. The molecule has 0 aliphatic rings. The summed E-state index contributed by atoms with van der Waals surface area (Å²) in [4.78, 5) is 18.3. The second-order valence-electron chi connectivity index (χ2n) is 5.52. The molecule has 0 saturated heterocycles. The highest BCUT2D eigenvalue weighted by Gasteiger charge is 2.16. The molecule has 0 fully saturated rings. The zero-order valence-electron chi connectivity index (χ0n) is 13.3. The highest BCUT2D eigenvalue weighted by Crippen LogP contribution is 2.28. The maximum Gasteiger partial charge on any atom is 0.249 e. The van der Waals surface area contributed by atoms with E-state index in [1.54, 1.807) is 19.3 Å². The first-order chi connectivity index (χ1) is 11.5. The lowest BCUT2D eigenvalue weighted by atomic mass is 10.00. The molecule has 2 atom stereocenters. The van der Waals surface area contributed by atoms with Gasteiger partial charge in [0.15, 0.2) is 0 Å². The standard InChI is InChI=1S/C17H17N3O3S/c1-11(20(2)24(22)23)12-3-5-13(6-4-12)14-9-10-18-17-15(14)7-8-16(21)19-17/h3-11H,1-2H3,(H,22,23)(H,18,19,21). The average molecular weight is 343 g/mol. The maximum atomic E-state index is 11.4. The lowest BCUT2D eigenvalue weighted by Gasteiger charge is -2.20. The third-order valence-electron chi connectivity index (χ3n) is 4.13. The molecule has 0 amide bonds. The highest BCUT2D eigenvalue weighted by atomic mass is 32.2. The van der Waals surface area contributed by atoms with Crippen molar-refractivity contribution in [2.45, 2.75) is 13.0 Å². The first kappa shape index (κ1) is 16.5. The van der Waals surface area contributed by atoms with E-state index in [2.05, 4.69) is 9.97 Å². The van der Waals surface area contributed by atoms with Crippen molar-refractivity contribution in [3.8, 4) is 11.1 Å². The van der Waals surface area contributed by atoms with Crippen LogP contribution in [0.2, 0.25) is 0 Å². The van der Waals surface area contributed by atoms with Crippen LogP contribution in [0.25, 0.3) is 22.2 Å². The number of aromatic amines is 1. The minimum absolute atomic E-state index is 0.184. The van der Waals surface area contributed by atoms with Crippen LogP contribution < -0.4 is 5.56 Å². The van der Waals surface area contributed by atoms with E-state index in [4.69, 9.17) is 0 Å². The van der Waals surface area contributed by atoms with Gasteiger partial charge in [0, 0.05) is 30.7 Å². The van der Waals surface area contributed by atoms with Crippen molar-refractivity contribution in [2.24, 2.45) is 0 Å². The molecule has 2 N–H and O–H groups in total. The smallest absolute Gasteiger partial charge is 0.249 e. The Kier molecular flexibility index (Phi) is 4.57. The number of nitrogens with zero attached hydrogens (tertiary/aromatic N) is 2. The Hall–Kier alpha value is -2.35. The highest BCUT2D eigenvalue weighted by molar-refractivity contribution is 7.76. The number of benzene rings is 1. The van der Waals surface area contributed by atoms with Crippen LogP contribution >= 0.6 is 0 Å². The van der Waals surface area contributed by atoms with Gasteiger partial charge in [0.1, 0.15) is 5.65 Å². The minimum Gasteiger partial charge on any atom is -0.307 e. The van der Waals surface area contributed by atoms with Gasteiger partial charge < -0.3 is 4.98 Å². The number of rotatable bonds is 4. The van der Waals surface area contributed by atoms with Crippen LogP contribution in [0.5, 0.6) is 0 Å². The molecule has 0 bridgehead atoms. The first-order valence-corrected chi connectivity index (χ1v) is 8.46. The van der Waals surface area contributed by atoms with Crippen LogP contribution in [0.3, 0.4) is 0 Å². The zero-order chi connectivity index (χ0) is 17.3. The molecule has 24 heavy (non-hydrogen) atoms. The van der Waals surface area contributed by atoms with E-state index in [1.165, 1.54) is 10.4 Å². The molecular weight excluding hydrogens is 326 g/mol. The molecule has 0 aliphatic carbocycles. The molecular formula is C17H17N3O3S. The number of H-pyrrole nitrogens is 1. The molecule has 2 unspecified atom stereocenters. The SMILES string of the molecule is CC(c1ccc(-c2ccnc3[nH]c(=O)ccc23)cc1)N(C)S(=O)O. The molecule has 0 aliphatic heterocycles. The Morgan fingerprint density at radius 3 is 2.54 bits per heavy atom. The lowest BCUT2D eigenvalue weighted by Crippen LogP contribution is -2.24. The van der Waals surface area contributed by atoms with Crippen LogP contribution in [0.1, 0.15) is 18.5 Å². The molecule has 6 nitrogen and oxygen atoms in total. The van der Waals surface area contributed by atoms with Gasteiger partial charge >= 0.3 is 0 Å². The minimum atomic E-state index is -2.01. The van der Waals surface area contributed by atoms with E-state index in [0.717, 1.165) is 22.1 Å². The van der Waals surface area contributed by atoms with Gasteiger partial charge in [-0.25, -0.2) is 9.19 Å². The van der Waals surface area contributed by atoms with E-state index < -0.39 is 11.3 Å². The summed E-state index contributed by atoms with van der Waals surface area (Å²) in [5, 5.41) is 0.867. The zero-order valence-corrected chi connectivity index (χ0v) is 14.1. The molecule has 3 aromatic rings. The Morgan fingerprint density at radius 1 is 1.17 bits per heavy atom. The van der Waals surface area contributed by atoms with Crippen LogP contribution in [0.4, 0.5) is 0 Å². The number of nitrogens with one attached hydrogen (secondary N) is 1. The molecule has 2 aromatic heterocycles. The predicted octanol–water partition coefficient (Wildman–Crippen LogP) is 2.72. The second-order valence-corrected chi connectivity index (χ2v) is 6.56. The molecule has 2 heterocycles. The summed E-state index contributed by atoms with van der Waals surface area (Å²) in [5.41, 5.74) is 3.26. The van der Waals surface area contributed by atoms with Gasteiger partial charge in [0.2, 0.25) is 16.8 Å². The Morgan fingerprint density at radius 2 is 1.88 bits per heavy atom. The van der Waals surface area contributed by atoms with Crippen molar-refractivity contribution in [2.75, 3.05) is 7.05 Å². The number of hydrogen-bond acceptors (Lipinski definition) is 3. The maximum absolute atomic E-state index is 11.4. The summed E-state index contributed by atoms with van der Waals surface area (Å²) in [6.45, 7) is 1.87. The second kappa shape index (κ2) is 6.64. The van der Waals surface area contributed by atoms with Crippen LogP contribution in [-0.2, 0) is 11.3 Å². The van der Waals surface area contributed by atoms with Gasteiger partial charge in [-0.3, -0.25) is 9.35 Å². The Labute approximate surface area is 141 Å². The van der Waals surface area contributed by atoms with E-state index in [0.29, 0.717) is 5.65 Å². The van der Waals surface area contributed by atoms with Crippen molar-refractivity contribution >= 4 is 22.3 Å². The summed E-state index contributed by atoms with van der Waals surface area (Å²) in [7, 11) is 1.60. The summed E-state index contributed by atoms with van der Waals surface area (Å²) >= 11 is -2.01. The predicted molar refractivity (Wildman–Crippen MR) is 94.7 cm³/mol. The fourth-order valence-electron chi connectivity index (χ4n) is 2.60. The van der Waals surface area contributed by atoms with E-state index in [9.17, 15) is 13.6 Å². The number of aromatic nitrogens is 2. The largest absolute Gasteiger partial charge is 0.307 e. The summed E-state index contributed by atoms with van der Waals surface area (Å²) < 4.78 is 21.7. The fourth-order valence-corrected chi connectivity index (χ4v) is 2.99. The molecule has 124 valence electrons. The molecule has 3 rings (SSSR count). The van der Waals surface area contributed by atoms with Gasteiger partial charge in [0.05, 0.1) is 0 Å². The summed E-state index contributed by atoms with van der Waals surface area (Å²) in [6, 6.07) is 12.7. The molecule has 0 spiro atoms. The van der Waals surface area contributed by atoms with Gasteiger partial charge in [-0.15, -0.1) is 0 Å². The van der Waals surface area contributed by atoms with Crippen LogP contribution in [0, 0.1) is 0 Å². The molecule has 0 radical (unpaired) electrons. The quantitative estimate of drug-likeness (QED) is 0.713. The first-order valence-electron chi connectivity index (χ1n) is 7.39. The number of hydrogen-bond donors (Lipinski definition) is 2. The lowest BCUT2D eigenvalue weighted by molar-refractivity contribution is 0.385. The summed E-state index contributed by atoms with van der Waals surface area (Å²) in [5.74, 6) is 0. The van der Waals surface area contributed by atoms with Crippen molar-refractivity contribution < 1.29 is 8.76 Å². The fraction of sp³-hybridized carbons (Fsp3) is 0.176. The van der Waals surface area contributed by atoms with Gasteiger partial charge in [-0.05, 0) is 35.7 Å². The van der Waals surface area contributed by atoms with Crippen LogP contribution in [-0.4, -0.2) is 30.1 Å². The van der Waals surface area contributed by atoms with Crippen molar-refractivity contribution in [1.82, 2.24) is 14.3 Å². The average Bonchev–Trinajstić information content (AvgIpc) is 2.59. The summed E-state index contributed by atoms with van der Waals surface area (Å²) in [6.07, 6.45) is 1.66. The third-order valence-corrected chi connectivity index (χ3v) is 4.94. The molecule has 7 heteroatoms. The van der Waals surface area contributed by atoms with E-state index in [-0.39, 0.29) is 11.6 Å². The molecule has 1 aromatic carbocycles. The van der Waals surface area contributed by atoms with Gasteiger partial charge in [-0.2, -0.15) is 4.31 Å². The van der Waals surface area contributed by atoms with Crippen molar-refractivity contribution in [3.05, 3.63) is 64.6 Å². The van der Waals surface area contributed by atoms with Crippen LogP contribution in [0.15, 0.2) is 53.5 Å². The van der Waals surface area contributed by atoms with E-state index >= 15 is 0 Å². The van der Waals surface area contributed by atoms with E-state index in [1.807, 2.05) is 37.3 Å². The normalized spacial score (nSPS) is 14.0. The van der Waals surface area contributed by atoms with Crippen molar-refractivity contribution in [3.63, 3.8) is 0 Å². The number of fused-ring (bicyclic) bond motifs is 1. The topological polar surface area (TPSA) is 86.3 Å².